The van der Waals surface area contributed by atoms with E-state index in [2.05, 4.69) is 58.6 Å². The van der Waals surface area contributed by atoms with Crippen LogP contribution in [0.25, 0.3) is 0 Å². The molecule has 0 radical (unpaired) electrons. The number of anilines is 1. The van der Waals surface area contributed by atoms with Crippen LogP contribution in [0, 0.1) is 0 Å². The fourth-order valence-electron chi connectivity index (χ4n) is 3.89. The third kappa shape index (κ3) is 3.19. The Morgan fingerprint density at radius 2 is 1.92 bits per heavy atom. The van der Waals surface area contributed by atoms with Crippen molar-refractivity contribution in [2.24, 2.45) is 0 Å². The number of aryl methyl sites for hydroxylation is 1. The van der Waals surface area contributed by atoms with Crippen LogP contribution < -0.4 is 4.90 Å². The highest BCUT2D eigenvalue weighted by Crippen LogP contribution is 2.40. The van der Waals surface area contributed by atoms with Gasteiger partial charge in [-0.25, -0.2) is 0 Å². The van der Waals surface area contributed by atoms with E-state index in [1.807, 2.05) is 14.1 Å². The SMILES string of the molecule is CN(C)c1conc1C1CCCc2ccc(Cc3ccccc3)cc21. The highest BCUT2D eigenvalue weighted by Gasteiger charge is 2.27. The van der Waals surface area contributed by atoms with E-state index < -0.39 is 0 Å². The molecule has 4 rings (SSSR count). The van der Waals surface area contributed by atoms with Crippen molar-refractivity contribution in [3.8, 4) is 0 Å². The number of aromatic nitrogens is 1. The molecule has 1 atom stereocenters. The summed E-state index contributed by atoms with van der Waals surface area (Å²) in [5.74, 6) is 0.329. The first-order valence-electron chi connectivity index (χ1n) is 8.99. The molecule has 3 heteroatoms. The van der Waals surface area contributed by atoms with Crippen LogP contribution in [0.1, 0.15) is 46.7 Å². The smallest absolute Gasteiger partial charge is 0.147 e. The summed E-state index contributed by atoms with van der Waals surface area (Å²) in [7, 11) is 4.09. The predicted octanol–water partition coefficient (Wildman–Crippen LogP) is 4.80. The van der Waals surface area contributed by atoms with Crippen molar-refractivity contribution in [3.63, 3.8) is 0 Å². The molecule has 0 fully saturated rings. The number of benzene rings is 2. The fourth-order valence-corrected chi connectivity index (χ4v) is 3.89. The summed E-state index contributed by atoms with van der Waals surface area (Å²) in [5.41, 5.74) is 7.77. The molecule has 128 valence electrons. The molecular weight excluding hydrogens is 308 g/mol. The van der Waals surface area contributed by atoms with Crippen molar-refractivity contribution in [1.29, 1.82) is 0 Å². The molecule has 0 saturated heterocycles. The zero-order chi connectivity index (χ0) is 17.2. The number of fused-ring (bicyclic) bond motifs is 1. The summed E-state index contributed by atoms with van der Waals surface area (Å²) in [6, 6.07) is 17.7. The standard InChI is InChI=1S/C22H24N2O/c1-24(2)21-15-25-23-22(21)19-10-6-9-18-12-11-17(14-20(18)19)13-16-7-4-3-5-8-16/h3-5,7-8,11-12,14-15,19H,6,9-10,13H2,1-2H3. The lowest BCUT2D eigenvalue weighted by atomic mass is 9.79. The molecule has 1 aliphatic carbocycles. The fraction of sp³-hybridized carbons (Fsp3) is 0.318. The Hall–Kier alpha value is -2.55. The second-order valence-corrected chi connectivity index (χ2v) is 7.12. The van der Waals surface area contributed by atoms with Gasteiger partial charge in [0.25, 0.3) is 0 Å². The number of rotatable bonds is 4. The van der Waals surface area contributed by atoms with E-state index in [-0.39, 0.29) is 0 Å². The minimum Gasteiger partial charge on any atom is -0.373 e. The van der Waals surface area contributed by atoms with Gasteiger partial charge in [-0.2, -0.15) is 0 Å². The maximum atomic E-state index is 5.31. The van der Waals surface area contributed by atoms with E-state index in [1.165, 1.54) is 28.7 Å². The Labute approximate surface area is 149 Å². The first kappa shape index (κ1) is 15.9. The lowest BCUT2D eigenvalue weighted by Crippen LogP contribution is -2.16. The number of hydrogen-bond donors (Lipinski definition) is 0. The van der Waals surface area contributed by atoms with E-state index in [1.54, 1.807) is 6.26 Å². The summed E-state index contributed by atoms with van der Waals surface area (Å²) < 4.78 is 5.31. The second-order valence-electron chi connectivity index (χ2n) is 7.12. The highest BCUT2D eigenvalue weighted by atomic mass is 16.5. The number of nitrogens with zero attached hydrogens (tertiary/aromatic N) is 2. The molecule has 1 heterocycles. The molecule has 0 bridgehead atoms. The lowest BCUT2D eigenvalue weighted by Gasteiger charge is -2.26. The van der Waals surface area contributed by atoms with E-state index in [9.17, 15) is 0 Å². The average molecular weight is 332 g/mol. The van der Waals surface area contributed by atoms with Crippen LogP contribution in [-0.4, -0.2) is 19.3 Å². The third-order valence-corrected chi connectivity index (χ3v) is 5.17. The van der Waals surface area contributed by atoms with Gasteiger partial charge in [0.1, 0.15) is 17.6 Å². The Bertz CT molecular complexity index is 851. The lowest BCUT2D eigenvalue weighted by molar-refractivity contribution is 0.404. The molecular formula is C22H24N2O. The quantitative estimate of drug-likeness (QED) is 0.687. The molecule has 0 amide bonds. The average Bonchev–Trinajstić information content (AvgIpc) is 3.12. The van der Waals surface area contributed by atoms with Gasteiger partial charge >= 0.3 is 0 Å². The molecule has 2 aromatic carbocycles. The maximum Gasteiger partial charge on any atom is 0.147 e. The van der Waals surface area contributed by atoms with Crippen LogP contribution in [0.5, 0.6) is 0 Å². The molecule has 0 saturated carbocycles. The van der Waals surface area contributed by atoms with Crippen molar-refractivity contribution >= 4 is 5.69 Å². The topological polar surface area (TPSA) is 29.3 Å². The van der Waals surface area contributed by atoms with Crippen LogP contribution in [0.4, 0.5) is 5.69 Å². The summed E-state index contributed by atoms with van der Waals surface area (Å²) in [6.45, 7) is 0. The van der Waals surface area contributed by atoms with E-state index in [4.69, 9.17) is 4.52 Å². The van der Waals surface area contributed by atoms with Gasteiger partial charge in [-0.15, -0.1) is 0 Å². The van der Waals surface area contributed by atoms with Crippen molar-refractivity contribution in [1.82, 2.24) is 5.16 Å². The van der Waals surface area contributed by atoms with Gasteiger partial charge in [0.2, 0.25) is 0 Å². The zero-order valence-corrected chi connectivity index (χ0v) is 14.9. The number of hydrogen-bond acceptors (Lipinski definition) is 3. The Balaban J connectivity index is 1.70. The molecule has 3 aromatic rings. The Kier molecular flexibility index (Phi) is 4.31. The van der Waals surface area contributed by atoms with Crippen LogP contribution in [-0.2, 0) is 12.8 Å². The van der Waals surface area contributed by atoms with E-state index in [0.29, 0.717) is 5.92 Å². The molecule has 0 spiro atoms. The Morgan fingerprint density at radius 3 is 2.72 bits per heavy atom. The van der Waals surface area contributed by atoms with Gasteiger partial charge in [0.15, 0.2) is 0 Å². The van der Waals surface area contributed by atoms with Crippen molar-refractivity contribution in [2.45, 2.75) is 31.6 Å². The van der Waals surface area contributed by atoms with Crippen LogP contribution >= 0.6 is 0 Å². The molecule has 3 nitrogen and oxygen atoms in total. The van der Waals surface area contributed by atoms with Gasteiger partial charge in [-0.05, 0) is 47.9 Å². The summed E-state index contributed by atoms with van der Waals surface area (Å²) >= 11 is 0. The van der Waals surface area contributed by atoms with Crippen LogP contribution in [0.2, 0.25) is 0 Å². The molecule has 25 heavy (non-hydrogen) atoms. The van der Waals surface area contributed by atoms with Crippen molar-refractivity contribution < 1.29 is 4.52 Å². The summed E-state index contributed by atoms with van der Waals surface area (Å²) in [6.07, 6.45) is 6.23. The normalized spacial score (nSPS) is 16.5. The summed E-state index contributed by atoms with van der Waals surface area (Å²) in [4.78, 5) is 2.09. The van der Waals surface area contributed by atoms with Crippen molar-refractivity contribution in [3.05, 3.63) is 82.7 Å². The van der Waals surface area contributed by atoms with Gasteiger partial charge in [-0.3, -0.25) is 0 Å². The van der Waals surface area contributed by atoms with Gasteiger partial charge in [0, 0.05) is 20.0 Å². The van der Waals surface area contributed by atoms with Crippen LogP contribution in [0.3, 0.4) is 0 Å². The van der Waals surface area contributed by atoms with E-state index in [0.717, 1.165) is 30.6 Å². The third-order valence-electron chi connectivity index (χ3n) is 5.17. The zero-order valence-electron chi connectivity index (χ0n) is 14.9. The minimum atomic E-state index is 0.329. The second kappa shape index (κ2) is 6.75. The largest absolute Gasteiger partial charge is 0.373 e. The molecule has 1 unspecified atom stereocenters. The first-order chi connectivity index (χ1) is 12.2. The first-order valence-corrected chi connectivity index (χ1v) is 8.99. The van der Waals surface area contributed by atoms with Crippen molar-refractivity contribution in [2.75, 3.05) is 19.0 Å². The van der Waals surface area contributed by atoms with Gasteiger partial charge in [-0.1, -0.05) is 53.7 Å². The summed E-state index contributed by atoms with van der Waals surface area (Å²) in [5, 5.41) is 4.36. The highest BCUT2D eigenvalue weighted by molar-refractivity contribution is 5.53. The van der Waals surface area contributed by atoms with Gasteiger partial charge < -0.3 is 9.42 Å². The van der Waals surface area contributed by atoms with E-state index >= 15 is 0 Å². The molecule has 0 aliphatic heterocycles. The molecule has 1 aliphatic rings. The van der Waals surface area contributed by atoms with Gasteiger partial charge in [0.05, 0.1) is 0 Å². The minimum absolute atomic E-state index is 0.329. The molecule has 1 aromatic heterocycles. The Morgan fingerprint density at radius 1 is 1.08 bits per heavy atom. The maximum absolute atomic E-state index is 5.31. The molecule has 0 N–H and O–H groups in total. The predicted molar refractivity (Wildman–Crippen MR) is 101 cm³/mol. The van der Waals surface area contributed by atoms with Crippen LogP contribution in [0.15, 0.2) is 59.3 Å². The monoisotopic (exact) mass is 332 g/mol.